The zero-order valence-electron chi connectivity index (χ0n) is 20.6. The van der Waals surface area contributed by atoms with Gasteiger partial charge >= 0.3 is 6.18 Å². The molecule has 37 heavy (non-hydrogen) atoms. The maximum atomic E-state index is 13.3. The van der Waals surface area contributed by atoms with Crippen LogP contribution in [0, 0.1) is 6.92 Å². The van der Waals surface area contributed by atoms with E-state index in [4.69, 9.17) is 4.74 Å². The first kappa shape index (κ1) is 26.1. The van der Waals surface area contributed by atoms with Crippen LogP contribution in [0.4, 0.5) is 18.9 Å². The number of anilines is 1. The average Bonchev–Trinajstić information content (AvgIpc) is 2.87. The number of ether oxygens (including phenoxy) is 1. The van der Waals surface area contributed by atoms with Gasteiger partial charge in [-0.2, -0.15) is 13.2 Å². The van der Waals surface area contributed by atoms with Gasteiger partial charge in [-0.15, -0.1) is 0 Å². The van der Waals surface area contributed by atoms with E-state index in [-0.39, 0.29) is 11.1 Å². The highest BCUT2D eigenvalue weighted by atomic mass is 19.4. The summed E-state index contributed by atoms with van der Waals surface area (Å²) in [7, 11) is 3.34. The fourth-order valence-corrected chi connectivity index (χ4v) is 4.16. The van der Waals surface area contributed by atoms with Crippen molar-refractivity contribution in [2.24, 2.45) is 7.05 Å². The van der Waals surface area contributed by atoms with Crippen molar-refractivity contribution < 1.29 is 22.7 Å². The SMILES string of the molecule is COCCCc1cc2c(cn1)cc(-c1cc(NC(=O)c3cccc(C(F)(F)F)c3)ccc1C)c(=O)n2C. The Morgan fingerprint density at radius 1 is 1.08 bits per heavy atom. The molecule has 2 heterocycles. The Kier molecular flexibility index (Phi) is 7.45. The lowest BCUT2D eigenvalue weighted by Gasteiger charge is -2.14. The Morgan fingerprint density at radius 3 is 2.59 bits per heavy atom. The minimum absolute atomic E-state index is 0.119. The largest absolute Gasteiger partial charge is 0.416 e. The van der Waals surface area contributed by atoms with E-state index in [1.807, 2.05) is 13.0 Å². The van der Waals surface area contributed by atoms with Crippen molar-refractivity contribution in [2.75, 3.05) is 19.0 Å². The summed E-state index contributed by atoms with van der Waals surface area (Å²) >= 11 is 0. The van der Waals surface area contributed by atoms with Crippen molar-refractivity contribution >= 4 is 22.5 Å². The number of nitrogens with one attached hydrogen (secondary N) is 1. The van der Waals surface area contributed by atoms with Crippen LogP contribution >= 0.6 is 0 Å². The van der Waals surface area contributed by atoms with E-state index < -0.39 is 17.6 Å². The number of rotatable bonds is 7. The fraction of sp³-hybridized carbons (Fsp3) is 0.250. The number of hydrogen-bond donors (Lipinski definition) is 1. The molecule has 1 amide bonds. The Hall–Kier alpha value is -3.98. The van der Waals surface area contributed by atoms with Crippen LogP contribution in [0.1, 0.15) is 33.6 Å². The minimum atomic E-state index is -4.55. The summed E-state index contributed by atoms with van der Waals surface area (Å²) in [5, 5.41) is 3.42. The van der Waals surface area contributed by atoms with Gasteiger partial charge in [-0.25, -0.2) is 0 Å². The van der Waals surface area contributed by atoms with E-state index in [1.54, 1.807) is 49.2 Å². The third-order valence-corrected chi connectivity index (χ3v) is 6.18. The summed E-state index contributed by atoms with van der Waals surface area (Å²) in [5.74, 6) is -0.683. The van der Waals surface area contributed by atoms with E-state index >= 15 is 0 Å². The van der Waals surface area contributed by atoms with Gasteiger partial charge in [0.05, 0.1) is 11.1 Å². The van der Waals surface area contributed by atoms with Crippen LogP contribution in [0.25, 0.3) is 22.0 Å². The van der Waals surface area contributed by atoms with E-state index in [2.05, 4.69) is 10.3 Å². The van der Waals surface area contributed by atoms with E-state index in [0.29, 0.717) is 23.4 Å². The van der Waals surface area contributed by atoms with Gasteiger partial charge in [-0.05, 0) is 73.4 Å². The number of aromatic nitrogens is 2. The van der Waals surface area contributed by atoms with Crippen molar-refractivity contribution in [3.8, 4) is 11.1 Å². The van der Waals surface area contributed by atoms with Gasteiger partial charge < -0.3 is 14.6 Å². The summed E-state index contributed by atoms with van der Waals surface area (Å²) in [5.41, 5.74) is 2.57. The van der Waals surface area contributed by atoms with E-state index in [0.717, 1.165) is 47.1 Å². The average molecular weight is 510 g/mol. The number of benzene rings is 2. The van der Waals surface area contributed by atoms with Crippen LogP contribution < -0.4 is 10.9 Å². The molecule has 2 aromatic carbocycles. The molecule has 0 atom stereocenters. The predicted octanol–water partition coefficient (Wildman–Crippen LogP) is 5.76. The smallest absolute Gasteiger partial charge is 0.385 e. The second-order valence-electron chi connectivity index (χ2n) is 8.82. The van der Waals surface area contributed by atoms with Gasteiger partial charge in [0.2, 0.25) is 0 Å². The van der Waals surface area contributed by atoms with Gasteiger partial charge in [0.1, 0.15) is 0 Å². The quantitative estimate of drug-likeness (QED) is 0.322. The summed E-state index contributed by atoms with van der Waals surface area (Å²) in [4.78, 5) is 30.5. The third kappa shape index (κ3) is 5.72. The molecule has 0 bridgehead atoms. The molecule has 0 fully saturated rings. The Labute approximate surface area is 211 Å². The first-order valence-electron chi connectivity index (χ1n) is 11.7. The molecule has 0 saturated heterocycles. The first-order chi connectivity index (χ1) is 17.6. The van der Waals surface area contributed by atoms with Gasteiger partial charge in [0.15, 0.2) is 0 Å². The number of amides is 1. The lowest BCUT2D eigenvalue weighted by Crippen LogP contribution is -2.20. The Bertz CT molecular complexity index is 1530. The number of nitrogens with zero attached hydrogens (tertiary/aromatic N) is 2. The second kappa shape index (κ2) is 10.6. The number of carbonyl (C=O) groups excluding carboxylic acids is 1. The topological polar surface area (TPSA) is 73.2 Å². The summed E-state index contributed by atoms with van der Waals surface area (Å²) in [6.07, 6.45) is -1.27. The molecule has 1 N–H and O–H groups in total. The molecule has 4 rings (SSSR count). The van der Waals surface area contributed by atoms with Gasteiger partial charge in [-0.1, -0.05) is 12.1 Å². The summed E-state index contributed by atoms with van der Waals surface area (Å²) in [6.45, 7) is 2.46. The molecule has 2 aromatic heterocycles. The van der Waals surface area contributed by atoms with Crippen LogP contribution in [-0.4, -0.2) is 29.2 Å². The van der Waals surface area contributed by atoms with Crippen LogP contribution in [0.15, 0.2) is 65.6 Å². The van der Waals surface area contributed by atoms with Crippen molar-refractivity contribution in [3.63, 3.8) is 0 Å². The summed E-state index contributed by atoms with van der Waals surface area (Å²) in [6, 6.07) is 12.9. The van der Waals surface area contributed by atoms with Gasteiger partial charge in [-0.3, -0.25) is 14.6 Å². The van der Waals surface area contributed by atoms with Gasteiger partial charge in [0, 0.05) is 54.9 Å². The second-order valence-corrected chi connectivity index (χ2v) is 8.82. The molecule has 4 aromatic rings. The number of pyridine rings is 2. The molecule has 192 valence electrons. The van der Waals surface area contributed by atoms with E-state index in [1.165, 1.54) is 12.1 Å². The monoisotopic (exact) mass is 509 g/mol. The van der Waals surface area contributed by atoms with Crippen LogP contribution in [-0.2, 0) is 24.4 Å². The minimum Gasteiger partial charge on any atom is -0.385 e. The molecular weight excluding hydrogens is 483 g/mol. The van der Waals surface area contributed by atoms with Crippen molar-refractivity contribution in [3.05, 3.63) is 93.5 Å². The molecule has 6 nitrogen and oxygen atoms in total. The molecule has 9 heteroatoms. The molecule has 0 radical (unpaired) electrons. The molecule has 0 aliphatic rings. The maximum absolute atomic E-state index is 13.3. The zero-order chi connectivity index (χ0) is 26.7. The number of halogens is 3. The molecular formula is C28H26F3N3O3. The fourth-order valence-electron chi connectivity index (χ4n) is 4.16. The molecule has 0 unspecified atom stereocenters. The van der Waals surface area contributed by atoms with Gasteiger partial charge in [0.25, 0.3) is 11.5 Å². The molecule has 0 saturated carbocycles. The number of aryl methyl sites for hydroxylation is 3. The number of hydrogen-bond acceptors (Lipinski definition) is 4. The highest BCUT2D eigenvalue weighted by Gasteiger charge is 2.31. The van der Waals surface area contributed by atoms with Crippen molar-refractivity contribution in [2.45, 2.75) is 25.9 Å². The first-order valence-corrected chi connectivity index (χ1v) is 11.7. The standard InChI is InChI=1S/C28H26F3N3O3/c1-17-9-10-22(33-26(35)18-6-4-7-20(12-18)28(29,30)31)14-23(17)24-13-19-16-32-21(8-5-11-37-3)15-25(19)34(2)27(24)36/h4,6-7,9-10,12-16H,5,8,11H2,1-3H3,(H,33,35). The van der Waals surface area contributed by atoms with Crippen molar-refractivity contribution in [1.29, 1.82) is 0 Å². The number of methoxy groups -OCH3 is 1. The normalized spacial score (nSPS) is 11.6. The highest BCUT2D eigenvalue weighted by Crippen LogP contribution is 2.30. The number of carbonyl (C=O) groups is 1. The van der Waals surface area contributed by atoms with Crippen LogP contribution in [0.3, 0.4) is 0 Å². The molecule has 0 spiro atoms. The van der Waals surface area contributed by atoms with Crippen molar-refractivity contribution in [1.82, 2.24) is 9.55 Å². The maximum Gasteiger partial charge on any atom is 0.416 e. The highest BCUT2D eigenvalue weighted by molar-refractivity contribution is 6.04. The summed E-state index contributed by atoms with van der Waals surface area (Å²) < 4.78 is 45.8. The molecule has 0 aliphatic heterocycles. The van der Waals surface area contributed by atoms with E-state index in [9.17, 15) is 22.8 Å². The number of alkyl halides is 3. The lowest BCUT2D eigenvalue weighted by molar-refractivity contribution is -0.137. The number of fused-ring (bicyclic) bond motifs is 1. The predicted molar refractivity (Wildman–Crippen MR) is 137 cm³/mol. The Balaban J connectivity index is 1.67. The third-order valence-electron chi connectivity index (χ3n) is 6.18. The molecule has 0 aliphatic carbocycles. The zero-order valence-corrected chi connectivity index (χ0v) is 20.6. The Morgan fingerprint density at radius 2 is 1.86 bits per heavy atom. The lowest BCUT2D eigenvalue weighted by atomic mass is 9.99. The van der Waals surface area contributed by atoms with Crippen LogP contribution in [0.5, 0.6) is 0 Å². The van der Waals surface area contributed by atoms with Crippen LogP contribution in [0.2, 0.25) is 0 Å².